The minimum absolute atomic E-state index is 0.0352. The van der Waals surface area contributed by atoms with Crippen LogP contribution in [0.4, 0.5) is 11.5 Å². The molecule has 5 heteroatoms. The van der Waals surface area contributed by atoms with E-state index in [-0.39, 0.29) is 11.4 Å². The standard InChI is InChI=1S/C18H24N4O/c1-18(2,3)19-11-15(23)21-16-12-7-5-6-8-14(12)20-17-13(16)9-10-22(17)4/h5-8,19H,9-11H2,1-4H3,(H,20,21,23)/p+1. The number of rotatable bonds is 3. The van der Waals surface area contributed by atoms with E-state index in [1.54, 1.807) is 0 Å². The summed E-state index contributed by atoms with van der Waals surface area (Å²) in [6, 6.07) is 8.00. The van der Waals surface area contributed by atoms with Gasteiger partial charge in [-0.1, -0.05) is 18.2 Å². The smallest absolute Gasteiger partial charge is 0.279 e. The van der Waals surface area contributed by atoms with Gasteiger partial charge in [-0.3, -0.25) is 4.79 Å². The van der Waals surface area contributed by atoms with Crippen molar-refractivity contribution in [3.05, 3.63) is 29.8 Å². The lowest BCUT2D eigenvalue weighted by Crippen LogP contribution is -2.95. The zero-order valence-corrected chi connectivity index (χ0v) is 14.3. The van der Waals surface area contributed by atoms with Gasteiger partial charge in [-0.15, -0.1) is 0 Å². The van der Waals surface area contributed by atoms with Gasteiger partial charge >= 0.3 is 0 Å². The van der Waals surface area contributed by atoms with E-state index >= 15 is 0 Å². The Balaban J connectivity index is 1.95. The Labute approximate surface area is 137 Å². The molecular weight excluding hydrogens is 288 g/mol. The Morgan fingerprint density at radius 1 is 1.35 bits per heavy atom. The number of aromatic nitrogens is 1. The fourth-order valence-electron chi connectivity index (χ4n) is 2.91. The van der Waals surface area contributed by atoms with Gasteiger partial charge in [0.15, 0.2) is 6.54 Å². The van der Waals surface area contributed by atoms with Gasteiger partial charge in [0.2, 0.25) is 0 Å². The average Bonchev–Trinajstić information content (AvgIpc) is 2.86. The molecule has 122 valence electrons. The maximum absolute atomic E-state index is 12.4. The number of carbonyl (C=O) groups is 1. The Morgan fingerprint density at radius 2 is 2.09 bits per heavy atom. The van der Waals surface area contributed by atoms with Crippen molar-refractivity contribution in [2.45, 2.75) is 32.7 Å². The highest BCUT2D eigenvalue weighted by molar-refractivity contribution is 6.04. The maximum atomic E-state index is 12.4. The summed E-state index contributed by atoms with van der Waals surface area (Å²) < 4.78 is 0. The molecule has 0 saturated carbocycles. The minimum atomic E-state index is 0.0352. The van der Waals surface area contributed by atoms with Gasteiger partial charge < -0.3 is 15.5 Å². The molecule has 23 heavy (non-hydrogen) atoms. The fraction of sp³-hybridized carbons (Fsp3) is 0.444. The first-order valence-electron chi connectivity index (χ1n) is 8.12. The first-order valence-corrected chi connectivity index (χ1v) is 8.12. The topological polar surface area (TPSA) is 61.8 Å². The van der Waals surface area contributed by atoms with Crippen molar-refractivity contribution in [3.63, 3.8) is 0 Å². The minimum Gasteiger partial charge on any atom is -0.359 e. The van der Waals surface area contributed by atoms with Crippen LogP contribution in [-0.2, 0) is 11.2 Å². The van der Waals surface area contributed by atoms with Crippen molar-refractivity contribution in [1.82, 2.24) is 4.98 Å². The maximum Gasteiger partial charge on any atom is 0.279 e. The highest BCUT2D eigenvalue weighted by atomic mass is 16.1. The third-order valence-electron chi connectivity index (χ3n) is 4.19. The third kappa shape index (κ3) is 3.29. The summed E-state index contributed by atoms with van der Waals surface area (Å²) >= 11 is 0. The molecule has 0 aliphatic carbocycles. The van der Waals surface area contributed by atoms with Crippen LogP contribution in [0.25, 0.3) is 10.9 Å². The van der Waals surface area contributed by atoms with Crippen LogP contribution in [-0.4, -0.2) is 36.6 Å². The van der Waals surface area contributed by atoms with Crippen molar-refractivity contribution in [1.29, 1.82) is 0 Å². The van der Waals surface area contributed by atoms with Crippen LogP contribution in [0, 0.1) is 0 Å². The zero-order chi connectivity index (χ0) is 16.6. The highest BCUT2D eigenvalue weighted by Gasteiger charge is 2.24. The number of fused-ring (bicyclic) bond motifs is 2. The van der Waals surface area contributed by atoms with E-state index in [1.807, 2.05) is 31.3 Å². The number of para-hydroxylation sites is 1. The number of likely N-dealkylation sites (N-methyl/N-ethyl adjacent to an activating group) is 1. The Kier molecular flexibility index (Phi) is 3.98. The summed E-state index contributed by atoms with van der Waals surface area (Å²) in [7, 11) is 2.05. The lowest BCUT2D eigenvalue weighted by molar-refractivity contribution is -0.707. The van der Waals surface area contributed by atoms with Gasteiger partial charge in [-0.2, -0.15) is 0 Å². The van der Waals surface area contributed by atoms with Gasteiger partial charge in [0.05, 0.1) is 16.7 Å². The largest absolute Gasteiger partial charge is 0.359 e. The average molecular weight is 313 g/mol. The molecule has 3 rings (SSSR count). The molecule has 0 radical (unpaired) electrons. The molecule has 1 aliphatic heterocycles. The van der Waals surface area contributed by atoms with E-state index in [2.05, 4.69) is 36.3 Å². The molecule has 1 aliphatic rings. The van der Waals surface area contributed by atoms with Gasteiger partial charge in [0.25, 0.3) is 5.91 Å². The number of nitrogens with one attached hydrogen (secondary N) is 1. The number of quaternary nitrogens is 1. The summed E-state index contributed by atoms with van der Waals surface area (Å²) in [5.74, 6) is 1.02. The van der Waals surface area contributed by atoms with E-state index in [0.29, 0.717) is 6.54 Å². The number of carbonyl (C=O) groups excluding carboxylic acids is 1. The molecule has 0 fully saturated rings. The molecule has 0 spiro atoms. The predicted molar refractivity (Wildman–Crippen MR) is 93.9 cm³/mol. The molecular formula is C18H25N4O+. The van der Waals surface area contributed by atoms with Gasteiger partial charge in [-0.05, 0) is 33.3 Å². The number of nitrogens with two attached hydrogens (primary N) is 1. The molecule has 0 bridgehead atoms. The van der Waals surface area contributed by atoms with Crippen molar-refractivity contribution < 1.29 is 10.1 Å². The second-order valence-electron chi connectivity index (χ2n) is 7.30. The van der Waals surface area contributed by atoms with Crippen LogP contribution < -0.4 is 15.5 Å². The summed E-state index contributed by atoms with van der Waals surface area (Å²) in [6.45, 7) is 7.68. The quantitative estimate of drug-likeness (QED) is 0.903. The van der Waals surface area contributed by atoms with Gasteiger partial charge in [0, 0.05) is 24.5 Å². The number of nitrogens with zero attached hydrogens (tertiary/aromatic N) is 2. The number of amides is 1. The van der Waals surface area contributed by atoms with E-state index in [1.165, 1.54) is 0 Å². The number of hydrogen-bond acceptors (Lipinski definition) is 3. The molecule has 0 saturated heterocycles. The second-order valence-corrected chi connectivity index (χ2v) is 7.30. The monoisotopic (exact) mass is 313 g/mol. The van der Waals surface area contributed by atoms with Gasteiger partial charge in [0.1, 0.15) is 5.82 Å². The van der Waals surface area contributed by atoms with Crippen molar-refractivity contribution in [2.24, 2.45) is 0 Å². The molecule has 2 heterocycles. The number of hydrogen-bond donors (Lipinski definition) is 2. The van der Waals surface area contributed by atoms with Crippen LogP contribution >= 0.6 is 0 Å². The predicted octanol–water partition coefficient (Wildman–Crippen LogP) is 1.53. The third-order valence-corrected chi connectivity index (χ3v) is 4.19. The van der Waals surface area contributed by atoms with Crippen molar-refractivity contribution in [3.8, 4) is 0 Å². The summed E-state index contributed by atoms with van der Waals surface area (Å²) in [5.41, 5.74) is 3.05. The van der Waals surface area contributed by atoms with Crippen LogP contribution in [0.2, 0.25) is 0 Å². The number of pyridine rings is 1. The molecule has 1 aromatic heterocycles. The van der Waals surface area contributed by atoms with E-state index < -0.39 is 0 Å². The first-order chi connectivity index (χ1) is 10.8. The molecule has 1 aromatic carbocycles. The van der Waals surface area contributed by atoms with Crippen LogP contribution in [0.3, 0.4) is 0 Å². The summed E-state index contributed by atoms with van der Waals surface area (Å²) in [4.78, 5) is 19.3. The summed E-state index contributed by atoms with van der Waals surface area (Å²) in [5, 5.41) is 6.21. The lowest BCUT2D eigenvalue weighted by atomic mass is 10.1. The summed E-state index contributed by atoms with van der Waals surface area (Å²) in [6.07, 6.45) is 0.919. The number of benzene rings is 1. The Morgan fingerprint density at radius 3 is 2.83 bits per heavy atom. The zero-order valence-electron chi connectivity index (χ0n) is 14.3. The highest BCUT2D eigenvalue weighted by Crippen LogP contribution is 2.36. The van der Waals surface area contributed by atoms with Crippen molar-refractivity contribution >= 4 is 28.3 Å². The SMILES string of the molecule is CN1CCc2c1nc1ccccc1c2NC(=O)C[NH2+]C(C)(C)C. The molecule has 0 atom stereocenters. The van der Waals surface area contributed by atoms with Crippen LogP contribution in [0.5, 0.6) is 0 Å². The first kappa shape index (κ1) is 15.7. The van der Waals surface area contributed by atoms with E-state index in [0.717, 1.165) is 40.9 Å². The van der Waals surface area contributed by atoms with Gasteiger partial charge in [-0.25, -0.2) is 4.98 Å². The molecule has 3 N–H and O–H groups in total. The molecule has 1 amide bonds. The van der Waals surface area contributed by atoms with E-state index in [9.17, 15) is 4.79 Å². The fourth-order valence-corrected chi connectivity index (χ4v) is 2.91. The second kappa shape index (κ2) is 5.81. The molecule has 2 aromatic rings. The van der Waals surface area contributed by atoms with Crippen molar-refractivity contribution in [2.75, 3.05) is 30.4 Å². The Hall–Kier alpha value is -2.14. The van der Waals surface area contributed by atoms with E-state index in [4.69, 9.17) is 4.98 Å². The Bertz CT molecular complexity index is 749. The number of anilines is 2. The molecule has 0 unspecified atom stereocenters. The normalized spacial score (nSPS) is 14.2. The molecule has 5 nitrogen and oxygen atoms in total. The van der Waals surface area contributed by atoms with Crippen LogP contribution in [0.1, 0.15) is 26.3 Å². The lowest BCUT2D eigenvalue weighted by Gasteiger charge is -2.18. The van der Waals surface area contributed by atoms with Crippen LogP contribution in [0.15, 0.2) is 24.3 Å².